The van der Waals surface area contributed by atoms with Crippen molar-refractivity contribution in [3.05, 3.63) is 11.6 Å². The van der Waals surface area contributed by atoms with Crippen LogP contribution in [0.1, 0.15) is 106 Å². The van der Waals surface area contributed by atoms with Gasteiger partial charge in [0, 0.05) is 17.3 Å². The Kier molecular flexibility index (Phi) is 7.68. The first-order chi connectivity index (χ1) is 20.5. The molecule has 5 unspecified atom stereocenters. The maximum absolute atomic E-state index is 14.8. The third-order valence-electron chi connectivity index (χ3n) is 15.2. The van der Waals surface area contributed by atoms with Gasteiger partial charge in [-0.2, -0.15) is 0 Å². The Balaban J connectivity index is 1.41. The summed E-state index contributed by atoms with van der Waals surface area (Å²) in [6.07, 6.45) is 2.21. The summed E-state index contributed by atoms with van der Waals surface area (Å²) >= 11 is 0. The van der Waals surface area contributed by atoms with E-state index in [0.29, 0.717) is 42.8 Å². The van der Waals surface area contributed by atoms with Gasteiger partial charge in [-0.1, -0.05) is 60.1 Å². The quantitative estimate of drug-likeness (QED) is 0.305. The van der Waals surface area contributed by atoms with Gasteiger partial charge in [0.2, 0.25) is 6.29 Å². The summed E-state index contributed by atoms with van der Waals surface area (Å²) in [7, 11) is 0. The Labute approximate surface area is 262 Å². The summed E-state index contributed by atoms with van der Waals surface area (Å²) in [6.45, 7) is 16.4. The van der Waals surface area contributed by atoms with Crippen molar-refractivity contribution < 1.29 is 39.2 Å². The summed E-state index contributed by atoms with van der Waals surface area (Å²) in [6, 6.07) is 0. The third kappa shape index (κ3) is 4.05. The van der Waals surface area contributed by atoms with Crippen LogP contribution in [0.25, 0.3) is 0 Å². The second kappa shape index (κ2) is 10.4. The molecule has 1 aliphatic heterocycles. The predicted molar refractivity (Wildman–Crippen MR) is 163 cm³/mol. The van der Waals surface area contributed by atoms with E-state index >= 15 is 0 Å². The van der Waals surface area contributed by atoms with Crippen molar-refractivity contribution in [3.63, 3.8) is 0 Å². The number of rotatable bonds is 4. The highest BCUT2D eigenvalue weighted by molar-refractivity contribution is 5.91. The molecule has 5 aliphatic carbocycles. The lowest BCUT2D eigenvalue weighted by molar-refractivity contribution is -0.281. The van der Waals surface area contributed by atoms with Crippen molar-refractivity contribution in [1.82, 2.24) is 0 Å². The molecule has 6 rings (SSSR count). The molecule has 1 saturated heterocycles. The molecule has 246 valence electrons. The van der Waals surface area contributed by atoms with Crippen LogP contribution in [0.2, 0.25) is 0 Å². The summed E-state index contributed by atoms with van der Waals surface area (Å²) in [5.41, 5.74) is 0.217. The van der Waals surface area contributed by atoms with Gasteiger partial charge in [0.1, 0.15) is 30.2 Å². The highest BCUT2D eigenvalue weighted by Crippen LogP contribution is 2.75. The van der Waals surface area contributed by atoms with E-state index in [4.69, 9.17) is 9.47 Å². The summed E-state index contributed by atoms with van der Waals surface area (Å²) in [4.78, 5) is 39.0. The lowest BCUT2D eigenvalue weighted by atomic mass is 9.33. The van der Waals surface area contributed by atoms with E-state index in [1.807, 2.05) is 0 Å². The molecule has 14 atom stereocenters. The number of aliphatic hydroxyl groups is 3. The predicted octanol–water partition coefficient (Wildman–Crippen LogP) is 4.76. The van der Waals surface area contributed by atoms with Crippen molar-refractivity contribution >= 4 is 18.0 Å². The maximum atomic E-state index is 14.8. The van der Waals surface area contributed by atoms with Crippen LogP contribution in [-0.4, -0.2) is 64.1 Å². The largest absolute Gasteiger partial charge is 0.435 e. The number of hydrogen-bond donors (Lipinski definition) is 3. The van der Waals surface area contributed by atoms with Crippen LogP contribution in [0.3, 0.4) is 0 Å². The van der Waals surface area contributed by atoms with Gasteiger partial charge in [0.15, 0.2) is 5.78 Å². The Morgan fingerprint density at radius 2 is 1.64 bits per heavy atom. The van der Waals surface area contributed by atoms with Crippen molar-refractivity contribution in [2.24, 2.45) is 56.7 Å². The average molecular weight is 615 g/mol. The van der Waals surface area contributed by atoms with Gasteiger partial charge < -0.3 is 24.8 Å². The van der Waals surface area contributed by atoms with Crippen molar-refractivity contribution in [2.75, 3.05) is 0 Å². The number of ketones is 2. The van der Waals surface area contributed by atoms with Gasteiger partial charge in [0.05, 0.1) is 0 Å². The molecule has 0 spiro atoms. The summed E-state index contributed by atoms with van der Waals surface area (Å²) in [5, 5.41) is 32.1. The molecule has 1 heterocycles. The van der Waals surface area contributed by atoms with Gasteiger partial charge >= 0.3 is 0 Å². The molecule has 8 heteroatoms. The van der Waals surface area contributed by atoms with Gasteiger partial charge in [0.25, 0.3) is 6.47 Å². The van der Waals surface area contributed by atoms with E-state index < -0.39 is 36.1 Å². The highest BCUT2D eigenvalue weighted by Gasteiger charge is 2.70. The number of hydrogen-bond acceptors (Lipinski definition) is 8. The van der Waals surface area contributed by atoms with Crippen LogP contribution < -0.4 is 0 Å². The zero-order valence-corrected chi connectivity index (χ0v) is 27.7. The van der Waals surface area contributed by atoms with E-state index in [9.17, 15) is 29.7 Å². The lowest BCUT2D eigenvalue weighted by Gasteiger charge is -2.71. The van der Waals surface area contributed by atoms with E-state index in [2.05, 4.69) is 54.5 Å². The molecule has 0 radical (unpaired) electrons. The first-order valence-corrected chi connectivity index (χ1v) is 17.1. The molecule has 44 heavy (non-hydrogen) atoms. The van der Waals surface area contributed by atoms with Crippen LogP contribution in [0, 0.1) is 56.7 Å². The third-order valence-corrected chi connectivity index (χ3v) is 15.2. The van der Waals surface area contributed by atoms with Crippen LogP contribution in [0.15, 0.2) is 11.6 Å². The number of ether oxygens (including phenoxy) is 2. The van der Waals surface area contributed by atoms with Gasteiger partial charge in [-0.25, -0.2) is 0 Å². The zero-order chi connectivity index (χ0) is 32.2. The number of allylic oxidation sites excluding steroid dienone is 2. The summed E-state index contributed by atoms with van der Waals surface area (Å²) < 4.78 is 10.7. The molecule has 8 nitrogen and oxygen atoms in total. The standard InChI is InChI=1S/C36H54O8/c1-19-10-15-36(30(42)29-27(40)26(39)28(41)31(44-29)43-18-37)17-16-34(6)21(25(36)20(19)2)8-9-23-33(5)13-12-24(38)32(3,4)22(33)11-14-35(23,34)7/h8,18-20,22-23,25-29,31,39-41H,9-17H2,1-7H3/t19-,20+,22?,23?,25?,26-,27?,28+,29-,31?,33+,34-,35-,36+/m1/s1. The van der Waals surface area contributed by atoms with Gasteiger partial charge in [-0.15, -0.1) is 0 Å². The Morgan fingerprint density at radius 3 is 2.32 bits per heavy atom. The Hall–Kier alpha value is -1.61. The molecule has 6 aliphatic rings. The van der Waals surface area contributed by atoms with Crippen LogP contribution >= 0.6 is 0 Å². The molecule has 5 fully saturated rings. The number of fused-ring (bicyclic) bond motifs is 7. The normalized spacial score (nSPS) is 53.2. The minimum atomic E-state index is -1.68. The fourth-order valence-corrected chi connectivity index (χ4v) is 12.2. The highest BCUT2D eigenvalue weighted by atomic mass is 16.7. The molecule has 0 aromatic rings. The van der Waals surface area contributed by atoms with Gasteiger partial charge in [-0.05, 0) is 97.2 Å². The SMILES string of the molecule is C[C@@H]1CC[C@]2(C(=O)[C@@H]3OC(OC=O)[C@@H](O)[C@H](O)C3O)CC[C@]3(C)C(=CCC4[C@@]5(C)CCC(=O)C(C)(C)C5CC[C@]43C)C2[C@H]1C. The number of aliphatic hydroxyl groups excluding tert-OH is 3. The van der Waals surface area contributed by atoms with E-state index in [1.54, 1.807) is 0 Å². The van der Waals surface area contributed by atoms with Crippen LogP contribution in [0.4, 0.5) is 0 Å². The Morgan fingerprint density at radius 1 is 0.932 bits per heavy atom. The minimum Gasteiger partial charge on any atom is -0.435 e. The van der Waals surface area contributed by atoms with Crippen molar-refractivity contribution in [1.29, 1.82) is 0 Å². The molecular weight excluding hydrogens is 560 g/mol. The smallest absolute Gasteiger partial charge is 0.295 e. The fraction of sp³-hybridized carbons (Fsp3) is 0.861. The molecular formula is C36H54O8. The van der Waals surface area contributed by atoms with E-state index in [-0.39, 0.29) is 45.8 Å². The van der Waals surface area contributed by atoms with Crippen molar-refractivity contribution in [3.8, 4) is 0 Å². The molecule has 3 N–H and O–H groups in total. The number of carbonyl (C=O) groups is 3. The molecule has 0 aromatic heterocycles. The molecule has 0 bridgehead atoms. The van der Waals surface area contributed by atoms with E-state index in [0.717, 1.165) is 38.5 Å². The lowest BCUT2D eigenvalue weighted by Crippen LogP contribution is -2.67. The minimum absolute atomic E-state index is 0.0124. The second-order valence-corrected chi connectivity index (χ2v) is 16.9. The molecule has 0 amide bonds. The molecule has 4 saturated carbocycles. The first-order valence-electron chi connectivity index (χ1n) is 17.1. The maximum Gasteiger partial charge on any atom is 0.295 e. The zero-order valence-electron chi connectivity index (χ0n) is 27.7. The van der Waals surface area contributed by atoms with Crippen molar-refractivity contribution in [2.45, 2.75) is 137 Å². The topological polar surface area (TPSA) is 130 Å². The first kappa shape index (κ1) is 32.3. The fourth-order valence-electron chi connectivity index (χ4n) is 12.2. The summed E-state index contributed by atoms with van der Waals surface area (Å²) in [5.74, 6) is 1.53. The average Bonchev–Trinajstić information content (AvgIpc) is 2.97. The second-order valence-electron chi connectivity index (χ2n) is 16.9. The van der Waals surface area contributed by atoms with Crippen LogP contribution in [-0.2, 0) is 23.9 Å². The van der Waals surface area contributed by atoms with Gasteiger partial charge in [-0.3, -0.25) is 14.4 Å². The number of carbonyl (C=O) groups excluding carboxylic acids is 3. The monoisotopic (exact) mass is 614 g/mol. The molecule has 0 aromatic carbocycles. The van der Waals surface area contributed by atoms with E-state index in [1.165, 1.54) is 5.57 Å². The number of Topliss-reactive ketones (excluding diaryl/α,β-unsaturated/α-hetero) is 2. The van der Waals surface area contributed by atoms with Crippen LogP contribution in [0.5, 0.6) is 0 Å². The Bertz CT molecular complexity index is 1240.